The monoisotopic (exact) mass is 546 g/mol. The summed E-state index contributed by atoms with van der Waals surface area (Å²) in [5.74, 6) is 0.702. The number of hydrogen-bond acceptors (Lipinski definition) is 6. The van der Waals surface area contributed by atoms with E-state index in [0.29, 0.717) is 21.7 Å². The zero-order valence-corrected chi connectivity index (χ0v) is 23.4. The average molecular weight is 547 g/mol. The van der Waals surface area contributed by atoms with Gasteiger partial charge in [-0.05, 0) is 69.2 Å². The first-order valence-electron chi connectivity index (χ1n) is 12.3. The topological polar surface area (TPSA) is 80.5 Å². The molecule has 0 spiro atoms. The zero-order chi connectivity index (χ0) is 27.4. The van der Waals surface area contributed by atoms with Crippen LogP contribution in [0.4, 0.5) is 16.5 Å². The maximum atomic E-state index is 12.3. The first-order valence-corrected chi connectivity index (χ1v) is 13.5. The lowest BCUT2D eigenvalue weighted by Gasteiger charge is -2.21. The van der Waals surface area contributed by atoms with E-state index in [1.165, 1.54) is 11.3 Å². The van der Waals surface area contributed by atoms with Crippen LogP contribution in [0.3, 0.4) is 0 Å². The lowest BCUT2D eigenvalue weighted by molar-refractivity contribution is 0.0998. The molecule has 2 aromatic heterocycles. The third kappa shape index (κ3) is 6.01. The number of anilines is 3. The Morgan fingerprint density at radius 1 is 1.13 bits per heavy atom. The highest BCUT2D eigenvalue weighted by molar-refractivity contribution is 7.18. The Morgan fingerprint density at radius 2 is 1.87 bits per heavy atom. The molecule has 4 rings (SSSR count). The molecule has 0 saturated heterocycles. The number of aryl methyl sites for hydroxylation is 1. The number of nitrogens with one attached hydrogen (secondary N) is 1. The second-order valence-electron chi connectivity index (χ2n) is 9.21. The molecular formula is C30H31ClN4O2S. The predicted molar refractivity (Wildman–Crippen MR) is 159 cm³/mol. The van der Waals surface area contributed by atoms with E-state index in [1.54, 1.807) is 6.20 Å². The quantitative estimate of drug-likeness (QED) is 0.210. The van der Waals surface area contributed by atoms with E-state index in [9.17, 15) is 4.79 Å². The van der Waals surface area contributed by atoms with Gasteiger partial charge < -0.3 is 20.7 Å². The molecule has 0 radical (unpaired) electrons. The number of thiophene rings is 1. The van der Waals surface area contributed by atoms with Gasteiger partial charge in [-0.25, -0.2) is 4.98 Å². The standard InChI is InChI=1S/C30H31ClN4O2S/c1-6-35(25-13-11-21(15-19(25)4)22-12-14-27(33-17-22)34-18(2)3)28-16-26(29(38-28)30(32)36)37-20(5)23-9-7-8-10-24(23)31/h6-18,20H,1H2,2-5H3,(H2,32,36)(H,33,34)/t20-/m1/s1. The van der Waals surface area contributed by atoms with Crippen molar-refractivity contribution < 1.29 is 9.53 Å². The SMILES string of the molecule is C=CN(c1cc(O[C@H](C)c2ccccc2Cl)c(C(N)=O)s1)c1ccc(-c2ccc(NC(C)C)nc2)cc1C. The minimum absolute atomic E-state index is 0.317. The molecule has 1 amide bonds. The van der Waals surface area contributed by atoms with Crippen molar-refractivity contribution >= 4 is 45.4 Å². The molecule has 3 N–H and O–H groups in total. The van der Waals surface area contributed by atoms with Gasteiger partial charge in [0.1, 0.15) is 27.5 Å². The van der Waals surface area contributed by atoms with Crippen molar-refractivity contribution in [3.63, 3.8) is 0 Å². The van der Waals surface area contributed by atoms with Crippen LogP contribution in [0.25, 0.3) is 11.1 Å². The molecule has 2 aromatic carbocycles. The number of rotatable bonds is 10. The van der Waals surface area contributed by atoms with E-state index in [-0.39, 0.29) is 6.10 Å². The molecule has 38 heavy (non-hydrogen) atoms. The lowest BCUT2D eigenvalue weighted by atomic mass is 10.0. The smallest absolute Gasteiger partial charge is 0.262 e. The maximum absolute atomic E-state index is 12.3. The third-order valence-electron chi connectivity index (χ3n) is 5.97. The molecule has 0 bridgehead atoms. The van der Waals surface area contributed by atoms with Crippen LogP contribution in [-0.4, -0.2) is 16.9 Å². The number of ether oxygens (including phenoxy) is 1. The molecule has 6 nitrogen and oxygen atoms in total. The second-order valence-corrected chi connectivity index (χ2v) is 10.6. The normalized spacial score (nSPS) is 11.7. The van der Waals surface area contributed by atoms with Gasteiger partial charge in [0.05, 0.1) is 0 Å². The van der Waals surface area contributed by atoms with Crippen LogP contribution in [-0.2, 0) is 0 Å². The Balaban J connectivity index is 1.62. The number of aromatic nitrogens is 1. The van der Waals surface area contributed by atoms with Crippen LogP contribution in [0.2, 0.25) is 5.02 Å². The molecule has 1 atom stereocenters. The van der Waals surface area contributed by atoms with Crippen LogP contribution in [0.15, 0.2) is 79.6 Å². The number of carbonyl (C=O) groups excluding carboxylic acids is 1. The minimum Gasteiger partial charge on any atom is -0.484 e. The molecule has 4 aromatic rings. The summed E-state index contributed by atoms with van der Waals surface area (Å²) in [7, 11) is 0. The fourth-order valence-corrected chi connectivity index (χ4v) is 5.40. The summed E-state index contributed by atoms with van der Waals surface area (Å²) < 4.78 is 6.18. The van der Waals surface area contributed by atoms with Gasteiger partial charge in [0.2, 0.25) is 0 Å². The summed E-state index contributed by atoms with van der Waals surface area (Å²) in [6, 6.07) is 19.8. The Bertz CT molecular complexity index is 1450. The number of primary amides is 1. The number of nitrogens with two attached hydrogens (primary N) is 1. The highest BCUT2D eigenvalue weighted by atomic mass is 35.5. The zero-order valence-electron chi connectivity index (χ0n) is 21.9. The van der Waals surface area contributed by atoms with Crippen molar-refractivity contribution in [1.29, 1.82) is 0 Å². The lowest BCUT2D eigenvalue weighted by Crippen LogP contribution is -2.12. The first-order chi connectivity index (χ1) is 18.2. The number of hydrogen-bond donors (Lipinski definition) is 2. The van der Waals surface area contributed by atoms with Crippen molar-refractivity contribution in [2.24, 2.45) is 5.73 Å². The Labute approximate surface area is 232 Å². The largest absolute Gasteiger partial charge is 0.484 e. The predicted octanol–water partition coefficient (Wildman–Crippen LogP) is 8.11. The van der Waals surface area contributed by atoms with Gasteiger partial charge in [0, 0.05) is 46.3 Å². The summed E-state index contributed by atoms with van der Waals surface area (Å²) in [4.78, 5) is 19.1. The van der Waals surface area contributed by atoms with E-state index in [2.05, 4.69) is 42.9 Å². The Hall–Kier alpha value is -3.81. The summed E-state index contributed by atoms with van der Waals surface area (Å²) in [6.07, 6.45) is 3.21. The Kier molecular flexibility index (Phi) is 8.39. The van der Waals surface area contributed by atoms with E-state index in [4.69, 9.17) is 22.1 Å². The molecule has 0 aliphatic rings. The van der Waals surface area contributed by atoms with Gasteiger partial charge in [-0.1, -0.05) is 42.4 Å². The van der Waals surface area contributed by atoms with Gasteiger partial charge in [-0.3, -0.25) is 4.79 Å². The average Bonchev–Trinajstić information content (AvgIpc) is 3.29. The number of nitrogens with zero attached hydrogens (tertiary/aromatic N) is 2. The molecule has 0 fully saturated rings. The number of pyridine rings is 1. The highest BCUT2D eigenvalue weighted by Crippen LogP contribution is 2.42. The van der Waals surface area contributed by atoms with Crippen LogP contribution in [0, 0.1) is 6.92 Å². The van der Waals surface area contributed by atoms with Gasteiger partial charge >= 0.3 is 0 Å². The van der Waals surface area contributed by atoms with Crippen molar-refractivity contribution in [1.82, 2.24) is 4.98 Å². The van der Waals surface area contributed by atoms with Crippen LogP contribution >= 0.6 is 22.9 Å². The maximum Gasteiger partial charge on any atom is 0.262 e. The molecule has 0 saturated carbocycles. The number of carbonyl (C=O) groups is 1. The molecule has 0 unspecified atom stereocenters. The number of benzene rings is 2. The summed E-state index contributed by atoms with van der Waals surface area (Å²) >= 11 is 7.61. The Morgan fingerprint density at radius 3 is 2.47 bits per heavy atom. The summed E-state index contributed by atoms with van der Waals surface area (Å²) in [5, 5.41) is 4.66. The second kappa shape index (κ2) is 11.7. The fraction of sp³-hybridized carbons (Fsp3) is 0.200. The van der Waals surface area contributed by atoms with E-state index >= 15 is 0 Å². The molecule has 2 heterocycles. The third-order valence-corrected chi connectivity index (χ3v) is 7.44. The van der Waals surface area contributed by atoms with Crippen molar-refractivity contribution in [3.05, 3.63) is 101 Å². The van der Waals surface area contributed by atoms with Gasteiger partial charge in [-0.2, -0.15) is 0 Å². The molecule has 0 aliphatic heterocycles. The minimum atomic E-state index is -0.554. The van der Waals surface area contributed by atoms with Crippen molar-refractivity contribution in [3.8, 4) is 16.9 Å². The van der Waals surface area contributed by atoms with Gasteiger partial charge in [0.25, 0.3) is 5.91 Å². The van der Waals surface area contributed by atoms with Crippen molar-refractivity contribution in [2.45, 2.75) is 39.8 Å². The number of halogens is 1. The van der Waals surface area contributed by atoms with Gasteiger partial charge in [-0.15, -0.1) is 11.3 Å². The highest BCUT2D eigenvalue weighted by Gasteiger charge is 2.22. The van der Waals surface area contributed by atoms with Crippen LogP contribution < -0.4 is 20.7 Å². The van der Waals surface area contributed by atoms with Crippen LogP contribution in [0.1, 0.15) is 47.7 Å². The van der Waals surface area contributed by atoms with E-state index < -0.39 is 5.91 Å². The first kappa shape index (κ1) is 27.2. The molecule has 0 aliphatic carbocycles. The molecule has 196 valence electrons. The van der Waals surface area contributed by atoms with E-state index in [0.717, 1.165) is 38.8 Å². The van der Waals surface area contributed by atoms with Crippen molar-refractivity contribution in [2.75, 3.05) is 10.2 Å². The molecule has 8 heteroatoms. The fourth-order valence-electron chi connectivity index (χ4n) is 4.16. The van der Waals surface area contributed by atoms with Gasteiger partial charge in [0.15, 0.2) is 0 Å². The van der Waals surface area contributed by atoms with Crippen LogP contribution in [0.5, 0.6) is 5.75 Å². The van der Waals surface area contributed by atoms with E-state index in [1.807, 2.05) is 73.5 Å². The summed E-state index contributed by atoms with van der Waals surface area (Å²) in [5.41, 5.74) is 10.6. The summed E-state index contributed by atoms with van der Waals surface area (Å²) in [6.45, 7) is 12.1. The molecular weight excluding hydrogens is 516 g/mol. The number of amides is 1.